The predicted octanol–water partition coefficient (Wildman–Crippen LogP) is 9.32. The molecule has 2 aliphatic carbocycles. The average molecular weight is 463 g/mol. The molecule has 0 spiro atoms. The van der Waals surface area contributed by atoms with Crippen molar-refractivity contribution in [1.29, 1.82) is 0 Å². The van der Waals surface area contributed by atoms with Gasteiger partial charge in [0.15, 0.2) is 0 Å². The first kappa shape index (κ1) is 25.1. The highest BCUT2D eigenvalue weighted by Crippen LogP contribution is 2.38. The highest BCUT2D eigenvalue weighted by Gasteiger charge is 2.20. The second-order valence-corrected chi connectivity index (χ2v) is 11.1. The van der Waals surface area contributed by atoms with Crippen molar-refractivity contribution in [1.82, 2.24) is 0 Å². The van der Waals surface area contributed by atoms with Crippen LogP contribution < -0.4 is 0 Å². The maximum atomic E-state index is 10.3. The van der Waals surface area contributed by atoms with Crippen LogP contribution >= 0.6 is 0 Å². The van der Waals surface area contributed by atoms with Crippen LogP contribution in [0, 0.1) is 0 Å². The van der Waals surface area contributed by atoms with Crippen LogP contribution in [0.25, 0.3) is 0 Å². The van der Waals surface area contributed by atoms with E-state index < -0.39 is 0 Å². The molecule has 2 fully saturated rings. The molecule has 0 unspecified atom stereocenters. The maximum absolute atomic E-state index is 10.3. The summed E-state index contributed by atoms with van der Waals surface area (Å²) < 4.78 is 0. The Hall–Kier alpha value is -1.96. The summed E-state index contributed by atoms with van der Waals surface area (Å²) in [5.41, 5.74) is 5.22. The SMILES string of the molecule is Oc1ccc(CCCCCCCCc2ccc(O)c(C3CCCCC3)c2)cc1C1CCCCC1. The average Bonchev–Trinajstić information content (AvgIpc) is 2.88. The fourth-order valence-electron chi connectivity index (χ4n) is 6.37. The molecule has 0 saturated heterocycles. The minimum absolute atomic E-state index is 0.509. The zero-order valence-corrected chi connectivity index (χ0v) is 21.2. The highest BCUT2D eigenvalue weighted by molar-refractivity contribution is 5.40. The van der Waals surface area contributed by atoms with Crippen molar-refractivity contribution in [2.45, 2.75) is 127 Å². The molecule has 0 heterocycles. The molecule has 0 radical (unpaired) electrons. The molecule has 34 heavy (non-hydrogen) atoms. The Kier molecular flexibility index (Phi) is 9.77. The summed E-state index contributed by atoms with van der Waals surface area (Å²) in [6.45, 7) is 0. The van der Waals surface area contributed by atoms with Gasteiger partial charge < -0.3 is 10.2 Å². The number of aromatic hydroxyl groups is 2. The molecule has 186 valence electrons. The number of hydrogen-bond donors (Lipinski definition) is 2. The normalized spacial score (nSPS) is 17.8. The highest BCUT2D eigenvalue weighted by atomic mass is 16.3. The van der Waals surface area contributed by atoms with E-state index in [-0.39, 0.29) is 0 Å². The molecule has 4 rings (SSSR count). The molecule has 0 amide bonds. The first-order valence-corrected chi connectivity index (χ1v) is 14.3. The molecule has 2 saturated carbocycles. The Labute approximate surface area is 207 Å². The van der Waals surface area contributed by atoms with Crippen molar-refractivity contribution in [3.8, 4) is 11.5 Å². The van der Waals surface area contributed by atoms with Crippen molar-refractivity contribution in [3.05, 3.63) is 58.7 Å². The van der Waals surface area contributed by atoms with Crippen molar-refractivity contribution in [2.24, 2.45) is 0 Å². The van der Waals surface area contributed by atoms with Gasteiger partial charge in [0, 0.05) is 0 Å². The molecule has 0 aliphatic heterocycles. The predicted molar refractivity (Wildman–Crippen MR) is 143 cm³/mol. The minimum atomic E-state index is 0.509. The molecule has 2 heteroatoms. The molecular formula is C32H46O2. The van der Waals surface area contributed by atoms with Gasteiger partial charge in [-0.25, -0.2) is 0 Å². The van der Waals surface area contributed by atoms with Crippen molar-refractivity contribution >= 4 is 0 Å². The molecule has 2 aromatic rings. The van der Waals surface area contributed by atoms with Crippen LogP contribution in [0.3, 0.4) is 0 Å². The molecular weight excluding hydrogens is 416 g/mol. The third-order valence-corrected chi connectivity index (χ3v) is 8.45. The van der Waals surface area contributed by atoms with Gasteiger partial charge >= 0.3 is 0 Å². The second-order valence-electron chi connectivity index (χ2n) is 11.1. The van der Waals surface area contributed by atoms with E-state index in [9.17, 15) is 10.2 Å². The Morgan fingerprint density at radius 2 is 0.882 bits per heavy atom. The van der Waals surface area contributed by atoms with Crippen molar-refractivity contribution < 1.29 is 10.2 Å². The van der Waals surface area contributed by atoms with Crippen LogP contribution in [0.5, 0.6) is 11.5 Å². The number of aryl methyl sites for hydroxylation is 2. The van der Waals surface area contributed by atoms with Gasteiger partial charge in [-0.3, -0.25) is 0 Å². The van der Waals surface area contributed by atoms with Crippen LogP contribution in [-0.2, 0) is 12.8 Å². The number of hydrogen-bond acceptors (Lipinski definition) is 2. The van der Waals surface area contributed by atoms with Gasteiger partial charge in [-0.1, -0.05) is 88.5 Å². The monoisotopic (exact) mass is 462 g/mol. The Morgan fingerprint density at radius 1 is 0.500 bits per heavy atom. The summed E-state index contributed by atoms with van der Waals surface area (Å²) in [6.07, 6.45) is 22.9. The minimum Gasteiger partial charge on any atom is -0.508 e. The molecule has 0 bridgehead atoms. The first-order chi connectivity index (χ1) is 16.7. The lowest BCUT2D eigenvalue weighted by atomic mass is 9.83. The number of phenols is 2. The van der Waals surface area contributed by atoms with Gasteiger partial charge in [-0.15, -0.1) is 0 Å². The summed E-state index contributed by atoms with van der Waals surface area (Å²) in [6, 6.07) is 12.7. The summed E-state index contributed by atoms with van der Waals surface area (Å²) in [7, 11) is 0. The van der Waals surface area contributed by atoms with Crippen LogP contribution in [0.4, 0.5) is 0 Å². The fraction of sp³-hybridized carbons (Fsp3) is 0.625. The number of benzene rings is 2. The van der Waals surface area contributed by atoms with Crippen molar-refractivity contribution in [2.75, 3.05) is 0 Å². The van der Waals surface area contributed by atoms with Gasteiger partial charge in [-0.05, 0) is 97.6 Å². The van der Waals surface area contributed by atoms with Gasteiger partial charge in [0.1, 0.15) is 11.5 Å². The van der Waals surface area contributed by atoms with Gasteiger partial charge in [0.25, 0.3) is 0 Å². The van der Waals surface area contributed by atoms with E-state index in [1.54, 1.807) is 0 Å². The standard InChI is InChI=1S/C32H46O2/c33-31-21-19-25(23-29(31)27-15-9-5-10-16-27)13-7-3-1-2-4-8-14-26-20-22-32(34)30(24-26)28-17-11-6-12-18-28/h19-24,27-28,33-34H,1-18H2. The summed E-state index contributed by atoms with van der Waals surface area (Å²) in [4.78, 5) is 0. The van der Waals surface area contributed by atoms with Crippen LogP contribution in [0.1, 0.15) is 137 Å². The lowest BCUT2D eigenvalue weighted by Crippen LogP contribution is -2.05. The van der Waals surface area contributed by atoms with E-state index >= 15 is 0 Å². The zero-order valence-electron chi connectivity index (χ0n) is 21.2. The van der Waals surface area contributed by atoms with Crippen LogP contribution in [-0.4, -0.2) is 10.2 Å². The molecule has 2 N–H and O–H groups in total. The van der Waals surface area contributed by atoms with Gasteiger partial charge in [-0.2, -0.15) is 0 Å². The Balaban J connectivity index is 1.12. The molecule has 0 aromatic heterocycles. The number of unbranched alkanes of at least 4 members (excludes halogenated alkanes) is 5. The number of phenolic OH excluding ortho intramolecular Hbond substituents is 2. The van der Waals surface area contributed by atoms with E-state index in [0.717, 1.165) is 12.8 Å². The molecule has 2 aliphatic rings. The zero-order chi connectivity index (χ0) is 23.6. The summed E-state index contributed by atoms with van der Waals surface area (Å²) >= 11 is 0. The summed E-state index contributed by atoms with van der Waals surface area (Å²) in [5.74, 6) is 2.16. The fourth-order valence-corrected chi connectivity index (χ4v) is 6.37. The topological polar surface area (TPSA) is 40.5 Å². The lowest BCUT2D eigenvalue weighted by molar-refractivity contribution is 0.413. The van der Waals surface area contributed by atoms with Crippen LogP contribution in [0.15, 0.2) is 36.4 Å². The molecule has 0 atom stereocenters. The lowest BCUT2D eigenvalue weighted by Gasteiger charge is -2.23. The van der Waals surface area contributed by atoms with Crippen molar-refractivity contribution in [3.63, 3.8) is 0 Å². The second kappa shape index (κ2) is 13.2. The maximum Gasteiger partial charge on any atom is 0.119 e. The Bertz CT molecular complexity index is 801. The third kappa shape index (κ3) is 7.27. The van der Waals surface area contributed by atoms with E-state index in [1.807, 2.05) is 12.1 Å². The van der Waals surface area contributed by atoms with Gasteiger partial charge in [0.05, 0.1) is 0 Å². The Morgan fingerprint density at radius 3 is 1.29 bits per heavy atom. The van der Waals surface area contributed by atoms with E-state index in [0.29, 0.717) is 23.3 Å². The van der Waals surface area contributed by atoms with E-state index in [1.165, 1.54) is 125 Å². The van der Waals surface area contributed by atoms with E-state index in [2.05, 4.69) is 24.3 Å². The van der Waals surface area contributed by atoms with Crippen LogP contribution in [0.2, 0.25) is 0 Å². The smallest absolute Gasteiger partial charge is 0.119 e. The first-order valence-electron chi connectivity index (χ1n) is 14.3. The van der Waals surface area contributed by atoms with Gasteiger partial charge in [0.2, 0.25) is 0 Å². The number of rotatable bonds is 11. The van der Waals surface area contributed by atoms with E-state index in [4.69, 9.17) is 0 Å². The molecule has 2 aromatic carbocycles. The third-order valence-electron chi connectivity index (χ3n) is 8.45. The largest absolute Gasteiger partial charge is 0.508 e. The summed E-state index contributed by atoms with van der Waals surface area (Å²) in [5, 5.41) is 20.7. The quantitative estimate of drug-likeness (QED) is 0.327. The molecule has 2 nitrogen and oxygen atoms in total.